The van der Waals surface area contributed by atoms with E-state index in [2.05, 4.69) is 19.2 Å². The van der Waals surface area contributed by atoms with Crippen molar-refractivity contribution in [1.82, 2.24) is 0 Å². The number of aryl methyl sites for hydroxylation is 1. The van der Waals surface area contributed by atoms with E-state index in [4.69, 9.17) is 27.9 Å². The van der Waals surface area contributed by atoms with E-state index in [1.807, 2.05) is 19.1 Å². The predicted molar refractivity (Wildman–Crippen MR) is 77.9 cm³/mol. The summed E-state index contributed by atoms with van der Waals surface area (Å²) in [5.74, 6) is 0. The van der Waals surface area contributed by atoms with Crippen molar-refractivity contribution in [3.05, 3.63) is 27.7 Å². The molecule has 18 heavy (non-hydrogen) atoms. The van der Waals surface area contributed by atoms with Gasteiger partial charge in [-0.3, -0.25) is 0 Å². The van der Waals surface area contributed by atoms with Gasteiger partial charge < -0.3 is 10.1 Å². The molecule has 1 aromatic rings. The minimum absolute atomic E-state index is 0.0725. The zero-order chi connectivity index (χ0) is 13.3. The fourth-order valence-electron chi connectivity index (χ4n) is 2.33. The van der Waals surface area contributed by atoms with Crippen LogP contribution in [0.5, 0.6) is 0 Å². The number of hydrogen-bond acceptors (Lipinski definition) is 2. The normalized spacial score (nSPS) is 22.8. The van der Waals surface area contributed by atoms with E-state index in [0.29, 0.717) is 6.04 Å². The average Bonchev–Trinajstić information content (AvgIpc) is 2.24. The van der Waals surface area contributed by atoms with Gasteiger partial charge in [0.05, 0.1) is 16.3 Å². The Hall–Kier alpha value is -0.440. The summed E-state index contributed by atoms with van der Waals surface area (Å²) in [6.07, 6.45) is 1.96. The molecule has 1 heterocycles. The topological polar surface area (TPSA) is 21.3 Å². The molecule has 0 spiro atoms. The van der Waals surface area contributed by atoms with E-state index < -0.39 is 0 Å². The number of benzene rings is 1. The second-order valence-electron chi connectivity index (χ2n) is 5.52. The number of hydrogen-bond donors (Lipinski definition) is 1. The standard InChI is InChI=1S/C14H19Cl2NO/c1-9-6-12(16)13(7-11(9)15)17-10-4-5-18-14(2,3)8-10/h6-7,10,17H,4-5,8H2,1-3H3. The second-order valence-corrected chi connectivity index (χ2v) is 6.34. The van der Waals surface area contributed by atoms with Crippen LogP contribution in [0.25, 0.3) is 0 Å². The summed E-state index contributed by atoms with van der Waals surface area (Å²) >= 11 is 12.4. The lowest BCUT2D eigenvalue weighted by molar-refractivity contribution is -0.0553. The third-order valence-corrected chi connectivity index (χ3v) is 4.02. The van der Waals surface area contributed by atoms with Crippen LogP contribution >= 0.6 is 23.2 Å². The monoisotopic (exact) mass is 287 g/mol. The van der Waals surface area contributed by atoms with Gasteiger partial charge in [-0.05, 0) is 51.3 Å². The Morgan fingerprint density at radius 3 is 2.67 bits per heavy atom. The van der Waals surface area contributed by atoms with Crippen LogP contribution in [0.15, 0.2) is 12.1 Å². The zero-order valence-electron chi connectivity index (χ0n) is 11.0. The summed E-state index contributed by atoms with van der Waals surface area (Å²) in [5, 5.41) is 4.94. The van der Waals surface area contributed by atoms with E-state index in [-0.39, 0.29) is 5.60 Å². The van der Waals surface area contributed by atoms with Crippen molar-refractivity contribution in [3.8, 4) is 0 Å². The summed E-state index contributed by atoms with van der Waals surface area (Å²) in [7, 11) is 0. The molecule has 1 aromatic carbocycles. The van der Waals surface area contributed by atoms with Crippen LogP contribution in [0.2, 0.25) is 10.0 Å². The van der Waals surface area contributed by atoms with Gasteiger partial charge >= 0.3 is 0 Å². The number of anilines is 1. The van der Waals surface area contributed by atoms with E-state index in [1.165, 1.54) is 0 Å². The fraction of sp³-hybridized carbons (Fsp3) is 0.571. The van der Waals surface area contributed by atoms with Gasteiger partial charge in [-0.2, -0.15) is 0 Å². The first-order chi connectivity index (χ1) is 8.37. The first kappa shape index (κ1) is 14.0. The highest BCUT2D eigenvalue weighted by Gasteiger charge is 2.29. The number of rotatable bonds is 2. The minimum atomic E-state index is -0.0725. The molecule has 100 valence electrons. The molecule has 4 heteroatoms. The van der Waals surface area contributed by atoms with Crippen LogP contribution in [-0.4, -0.2) is 18.2 Å². The molecule has 2 rings (SSSR count). The van der Waals surface area contributed by atoms with Crippen molar-refractivity contribution in [2.24, 2.45) is 0 Å². The largest absolute Gasteiger partial charge is 0.381 e. The Morgan fingerprint density at radius 2 is 2.00 bits per heavy atom. The molecule has 1 unspecified atom stereocenters. The lowest BCUT2D eigenvalue weighted by Gasteiger charge is -2.36. The molecule has 0 saturated carbocycles. The van der Waals surface area contributed by atoms with E-state index in [9.17, 15) is 0 Å². The molecule has 1 aliphatic rings. The van der Waals surface area contributed by atoms with Crippen molar-refractivity contribution in [2.45, 2.75) is 45.3 Å². The van der Waals surface area contributed by atoms with Gasteiger partial charge in [0.25, 0.3) is 0 Å². The molecule has 0 amide bonds. The summed E-state index contributed by atoms with van der Waals surface area (Å²) < 4.78 is 5.71. The highest BCUT2D eigenvalue weighted by atomic mass is 35.5. The van der Waals surface area contributed by atoms with Gasteiger partial charge in [0.15, 0.2) is 0 Å². The molecule has 0 radical (unpaired) electrons. The quantitative estimate of drug-likeness (QED) is 0.853. The highest BCUT2D eigenvalue weighted by molar-refractivity contribution is 6.35. The van der Waals surface area contributed by atoms with Gasteiger partial charge in [-0.1, -0.05) is 23.2 Å². The molecule has 0 bridgehead atoms. The number of halogens is 2. The number of ether oxygens (including phenoxy) is 1. The second kappa shape index (κ2) is 5.28. The Kier molecular flexibility index (Phi) is 4.10. The van der Waals surface area contributed by atoms with Gasteiger partial charge in [0.1, 0.15) is 0 Å². The maximum absolute atomic E-state index is 6.24. The van der Waals surface area contributed by atoms with Crippen molar-refractivity contribution in [2.75, 3.05) is 11.9 Å². The predicted octanol–water partition coefficient (Wildman–Crippen LogP) is 4.67. The maximum atomic E-state index is 6.24. The third kappa shape index (κ3) is 3.31. The maximum Gasteiger partial charge on any atom is 0.0646 e. The van der Waals surface area contributed by atoms with Crippen LogP contribution in [0.4, 0.5) is 5.69 Å². The molecular weight excluding hydrogens is 269 g/mol. The van der Waals surface area contributed by atoms with Gasteiger partial charge in [-0.25, -0.2) is 0 Å². The van der Waals surface area contributed by atoms with Crippen LogP contribution in [0, 0.1) is 6.92 Å². The van der Waals surface area contributed by atoms with Gasteiger partial charge in [0, 0.05) is 17.7 Å². The minimum Gasteiger partial charge on any atom is -0.381 e. The molecule has 1 aliphatic heterocycles. The van der Waals surface area contributed by atoms with Gasteiger partial charge in [0.2, 0.25) is 0 Å². The smallest absolute Gasteiger partial charge is 0.0646 e. The van der Waals surface area contributed by atoms with Crippen molar-refractivity contribution >= 4 is 28.9 Å². The van der Waals surface area contributed by atoms with Crippen LogP contribution < -0.4 is 5.32 Å². The molecular formula is C14H19Cl2NO. The zero-order valence-corrected chi connectivity index (χ0v) is 12.5. The lowest BCUT2D eigenvalue weighted by atomic mass is 9.94. The summed E-state index contributed by atoms with van der Waals surface area (Å²) in [6.45, 7) is 6.96. The van der Waals surface area contributed by atoms with Crippen LogP contribution in [0.1, 0.15) is 32.3 Å². The SMILES string of the molecule is Cc1cc(Cl)c(NC2CCOC(C)(C)C2)cc1Cl. The molecule has 1 saturated heterocycles. The van der Waals surface area contributed by atoms with E-state index in [0.717, 1.165) is 40.7 Å². The van der Waals surface area contributed by atoms with Crippen molar-refractivity contribution in [3.63, 3.8) is 0 Å². The number of nitrogens with one attached hydrogen (secondary N) is 1. The van der Waals surface area contributed by atoms with Crippen molar-refractivity contribution < 1.29 is 4.74 Å². The summed E-state index contributed by atoms with van der Waals surface area (Å²) in [4.78, 5) is 0. The first-order valence-corrected chi connectivity index (χ1v) is 6.99. The highest BCUT2D eigenvalue weighted by Crippen LogP contribution is 2.32. The molecule has 0 aromatic heterocycles. The lowest BCUT2D eigenvalue weighted by Crippen LogP contribution is -2.40. The first-order valence-electron chi connectivity index (χ1n) is 6.23. The van der Waals surface area contributed by atoms with E-state index in [1.54, 1.807) is 0 Å². The Balaban J connectivity index is 2.12. The van der Waals surface area contributed by atoms with Gasteiger partial charge in [-0.15, -0.1) is 0 Å². The average molecular weight is 288 g/mol. The fourth-order valence-corrected chi connectivity index (χ4v) is 2.77. The third-order valence-electron chi connectivity index (χ3n) is 3.31. The molecule has 2 nitrogen and oxygen atoms in total. The molecule has 0 aliphatic carbocycles. The van der Waals surface area contributed by atoms with E-state index >= 15 is 0 Å². The van der Waals surface area contributed by atoms with Crippen molar-refractivity contribution in [1.29, 1.82) is 0 Å². The molecule has 1 atom stereocenters. The van der Waals surface area contributed by atoms with Crippen LogP contribution in [-0.2, 0) is 4.74 Å². The molecule has 1 fully saturated rings. The molecule has 1 N–H and O–H groups in total. The Morgan fingerprint density at radius 1 is 1.28 bits per heavy atom. The Bertz CT molecular complexity index is 446. The van der Waals surface area contributed by atoms with Crippen LogP contribution in [0.3, 0.4) is 0 Å². The summed E-state index contributed by atoms with van der Waals surface area (Å²) in [5.41, 5.74) is 1.84. The summed E-state index contributed by atoms with van der Waals surface area (Å²) in [6, 6.07) is 4.18. The Labute approximate surface area is 119 Å².